The zero-order chi connectivity index (χ0) is 24.5. The van der Waals surface area contributed by atoms with E-state index in [1.165, 1.54) is 11.0 Å². The van der Waals surface area contributed by atoms with Crippen LogP contribution in [0, 0.1) is 0 Å². The maximum atomic E-state index is 13.6. The number of carboxylic acid groups (broad SMARTS) is 1. The van der Waals surface area contributed by atoms with E-state index in [0.29, 0.717) is 46.2 Å². The topological polar surface area (TPSA) is 92.9 Å². The van der Waals surface area contributed by atoms with Crippen molar-refractivity contribution in [1.29, 1.82) is 0 Å². The van der Waals surface area contributed by atoms with E-state index in [0.717, 1.165) is 5.56 Å². The molecule has 178 valence electrons. The molecule has 0 aliphatic carbocycles. The number of ether oxygens (including phenoxy) is 1. The van der Waals surface area contributed by atoms with Gasteiger partial charge in [-0.2, -0.15) is 13.2 Å². The standard InChI is InChI=1S/C24H21F3N2O4S/c25-24(26,27)22-18(14-4-2-1-3-5-14)11-17(34-22)13-33-16-6-7-20-15(10-16)8-9-29(20)23(32)19(28)12-21(30)31/h1-7,10-11,19H,8-9,12-13,28H2,(H,30,31). The number of anilines is 1. The molecule has 0 saturated heterocycles. The van der Waals surface area contributed by atoms with Gasteiger partial charge >= 0.3 is 12.1 Å². The maximum Gasteiger partial charge on any atom is 0.426 e. The molecule has 1 aliphatic heterocycles. The van der Waals surface area contributed by atoms with Crippen molar-refractivity contribution in [3.63, 3.8) is 0 Å². The van der Waals surface area contributed by atoms with Crippen molar-refractivity contribution >= 4 is 28.9 Å². The lowest BCUT2D eigenvalue weighted by Crippen LogP contribution is -2.44. The van der Waals surface area contributed by atoms with Crippen LogP contribution in [0.25, 0.3) is 11.1 Å². The zero-order valence-electron chi connectivity index (χ0n) is 17.8. The molecule has 0 bridgehead atoms. The number of thiophene rings is 1. The summed E-state index contributed by atoms with van der Waals surface area (Å²) in [5, 5.41) is 8.86. The Bertz CT molecular complexity index is 1210. The molecule has 0 fully saturated rings. The average molecular weight is 491 g/mol. The Morgan fingerprint density at radius 3 is 2.56 bits per heavy atom. The van der Waals surface area contributed by atoms with Gasteiger partial charge < -0.3 is 20.5 Å². The molecule has 4 rings (SSSR count). The summed E-state index contributed by atoms with van der Waals surface area (Å²) in [6.07, 6.45) is -4.40. The molecule has 1 atom stereocenters. The van der Waals surface area contributed by atoms with Crippen LogP contribution in [0.5, 0.6) is 5.75 Å². The Hall–Kier alpha value is -3.37. The number of nitrogens with zero attached hydrogens (tertiary/aromatic N) is 1. The van der Waals surface area contributed by atoms with Gasteiger partial charge in [0.1, 0.15) is 17.2 Å². The van der Waals surface area contributed by atoms with Gasteiger partial charge in [0.25, 0.3) is 0 Å². The van der Waals surface area contributed by atoms with Crippen LogP contribution in [0.1, 0.15) is 21.7 Å². The van der Waals surface area contributed by atoms with E-state index in [1.807, 2.05) is 0 Å². The molecule has 0 radical (unpaired) electrons. The van der Waals surface area contributed by atoms with Crippen LogP contribution in [0.2, 0.25) is 0 Å². The third kappa shape index (κ3) is 5.07. The summed E-state index contributed by atoms with van der Waals surface area (Å²) in [7, 11) is 0. The van der Waals surface area contributed by atoms with E-state index in [-0.39, 0.29) is 12.2 Å². The van der Waals surface area contributed by atoms with Crippen LogP contribution in [-0.4, -0.2) is 29.6 Å². The molecule has 10 heteroatoms. The minimum Gasteiger partial charge on any atom is -0.488 e. The number of aliphatic carboxylic acids is 1. The first-order valence-electron chi connectivity index (χ1n) is 10.4. The largest absolute Gasteiger partial charge is 0.488 e. The van der Waals surface area contributed by atoms with Crippen molar-refractivity contribution in [1.82, 2.24) is 0 Å². The van der Waals surface area contributed by atoms with Gasteiger partial charge in [-0.25, -0.2) is 0 Å². The van der Waals surface area contributed by atoms with Gasteiger partial charge in [0.05, 0.1) is 12.5 Å². The molecule has 3 aromatic rings. The number of carbonyl (C=O) groups is 2. The Labute approximate surface area is 197 Å². The number of hydrogen-bond donors (Lipinski definition) is 2. The van der Waals surface area contributed by atoms with Crippen molar-refractivity contribution in [2.24, 2.45) is 5.73 Å². The van der Waals surface area contributed by atoms with Gasteiger partial charge in [0, 0.05) is 22.7 Å². The second-order valence-corrected chi connectivity index (χ2v) is 8.98. The third-order valence-electron chi connectivity index (χ3n) is 5.43. The minimum absolute atomic E-state index is 0.0362. The van der Waals surface area contributed by atoms with Gasteiger partial charge in [-0.1, -0.05) is 30.3 Å². The Morgan fingerprint density at radius 1 is 1.15 bits per heavy atom. The van der Waals surface area contributed by atoms with Crippen LogP contribution in [0.3, 0.4) is 0 Å². The molecular weight excluding hydrogens is 469 g/mol. The summed E-state index contributed by atoms with van der Waals surface area (Å²) >= 11 is 0.654. The van der Waals surface area contributed by atoms with E-state index in [9.17, 15) is 22.8 Å². The molecular formula is C24H21F3N2O4S. The summed E-state index contributed by atoms with van der Waals surface area (Å²) < 4.78 is 46.5. The summed E-state index contributed by atoms with van der Waals surface area (Å²) in [5.41, 5.74) is 7.76. The first kappa shape index (κ1) is 23.8. The molecule has 0 saturated carbocycles. The number of alkyl halides is 3. The highest BCUT2D eigenvalue weighted by Gasteiger charge is 2.36. The van der Waals surface area contributed by atoms with E-state index < -0.39 is 35.4 Å². The number of rotatable bonds is 7. The van der Waals surface area contributed by atoms with Crippen LogP contribution >= 0.6 is 11.3 Å². The number of carboxylic acids is 1. The molecule has 0 spiro atoms. The van der Waals surface area contributed by atoms with Gasteiger partial charge in [0.2, 0.25) is 5.91 Å². The molecule has 1 amide bonds. The van der Waals surface area contributed by atoms with Crippen molar-refractivity contribution < 1.29 is 32.6 Å². The van der Waals surface area contributed by atoms with E-state index >= 15 is 0 Å². The van der Waals surface area contributed by atoms with Gasteiger partial charge in [-0.05, 0) is 41.8 Å². The number of nitrogens with two attached hydrogens (primary N) is 1. The molecule has 2 aromatic carbocycles. The smallest absolute Gasteiger partial charge is 0.426 e. The average Bonchev–Trinajstić information content (AvgIpc) is 3.41. The first-order valence-corrected chi connectivity index (χ1v) is 11.2. The van der Waals surface area contributed by atoms with Gasteiger partial charge in [-0.15, -0.1) is 11.3 Å². The number of carbonyl (C=O) groups excluding carboxylic acids is 1. The summed E-state index contributed by atoms with van der Waals surface area (Å²) in [4.78, 5) is 24.5. The lowest BCUT2D eigenvalue weighted by molar-refractivity contribution is -0.139. The van der Waals surface area contributed by atoms with Gasteiger partial charge in [0.15, 0.2) is 0 Å². The molecule has 1 aliphatic rings. The van der Waals surface area contributed by atoms with Crippen LogP contribution < -0.4 is 15.4 Å². The van der Waals surface area contributed by atoms with Crippen molar-refractivity contribution in [2.45, 2.75) is 31.7 Å². The fourth-order valence-corrected chi connectivity index (χ4v) is 4.84. The zero-order valence-corrected chi connectivity index (χ0v) is 18.7. The molecule has 34 heavy (non-hydrogen) atoms. The lowest BCUT2D eigenvalue weighted by atomic mass is 10.1. The number of benzene rings is 2. The maximum absolute atomic E-state index is 13.6. The predicted octanol–water partition coefficient (Wildman–Crippen LogP) is 4.70. The number of halogens is 3. The second-order valence-electron chi connectivity index (χ2n) is 7.84. The third-order valence-corrected chi connectivity index (χ3v) is 6.58. The Morgan fingerprint density at radius 2 is 1.88 bits per heavy atom. The number of amides is 1. The molecule has 1 unspecified atom stereocenters. The second kappa shape index (κ2) is 9.47. The van der Waals surface area contributed by atoms with Gasteiger partial charge in [-0.3, -0.25) is 9.59 Å². The number of fused-ring (bicyclic) bond motifs is 1. The van der Waals surface area contributed by atoms with E-state index in [4.69, 9.17) is 15.6 Å². The summed E-state index contributed by atoms with van der Waals surface area (Å²) in [6, 6.07) is 13.8. The van der Waals surface area contributed by atoms with Crippen molar-refractivity contribution in [3.05, 3.63) is 69.9 Å². The van der Waals surface area contributed by atoms with E-state index in [2.05, 4.69) is 0 Å². The first-order chi connectivity index (χ1) is 16.1. The Kier molecular flexibility index (Phi) is 6.63. The van der Waals surface area contributed by atoms with Crippen molar-refractivity contribution in [2.75, 3.05) is 11.4 Å². The normalized spacial score (nSPS) is 14.1. The van der Waals surface area contributed by atoms with Crippen LogP contribution in [0.15, 0.2) is 54.6 Å². The fourth-order valence-electron chi connectivity index (χ4n) is 3.88. The predicted molar refractivity (Wildman–Crippen MR) is 122 cm³/mol. The lowest BCUT2D eigenvalue weighted by Gasteiger charge is -2.20. The highest BCUT2D eigenvalue weighted by Crippen LogP contribution is 2.43. The highest BCUT2D eigenvalue weighted by atomic mass is 32.1. The Balaban J connectivity index is 1.49. The van der Waals surface area contributed by atoms with Crippen LogP contribution in [-0.2, 0) is 28.8 Å². The van der Waals surface area contributed by atoms with E-state index in [1.54, 1.807) is 48.5 Å². The quantitative estimate of drug-likeness (QED) is 0.501. The molecule has 6 nitrogen and oxygen atoms in total. The minimum atomic E-state index is -4.47. The molecule has 2 heterocycles. The molecule has 1 aromatic heterocycles. The summed E-state index contributed by atoms with van der Waals surface area (Å²) in [5.74, 6) is -1.16. The molecule has 3 N–H and O–H groups in total. The monoisotopic (exact) mass is 490 g/mol. The van der Waals surface area contributed by atoms with Crippen molar-refractivity contribution in [3.8, 4) is 16.9 Å². The summed E-state index contributed by atoms with van der Waals surface area (Å²) in [6.45, 7) is 0.330. The van der Waals surface area contributed by atoms with Crippen LogP contribution in [0.4, 0.5) is 18.9 Å². The number of hydrogen-bond acceptors (Lipinski definition) is 5. The SMILES string of the molecule is NC(CC(=O)O)C(=O)N1CCc2cc(OCc3cc(-c4ccccc4)c(C(F)(F)F)s3)ccc21. The highest BCUT2D eigenvalue weighted by molar-refractivity contribution is 7.12. The fraction of sp³-hybridized carbons (Fsp3) is 0.250.